The summed E-state index contributed by atoms with van der Waals surface area (Å²) in [6.07, 6.45) is 5.02. The van der Waals surface area contributed by atoms with Crippen LogP contribution in [0.15, 0.2) is 36.7 Å². The summed E-state index contributed by atoms with van der Waals surface area (Å²) in [6, 6.07) is 7.23. The second kappa shape index (κ2) is 6.60. The van der Waals surface area contributed by atoms with Gasteiger partial charge in [0, 0.05) is 25.1 Å². The van der Waals surface area contributed by atoms with Crippen LogP contribution in [0.25, 0.3) is 5.69 Å². The molecule has 7 heteroatoms. The number of hydrogen-bond donors (Lipinski definition) is 1. The van der Waals surface area contributed by atoms with Crippen molar-refractivity contribution in [3.8, 4) is 5.69 Å². The minimum atomic E-state index is -0.765. The molecule has 2 heterocycles. The molecule has 2 aromatic rings. The first-order valence-corrected chi connectivity index (χ1v) is 7.61. The normalized spacial score (nSPS) is 15.6. The van der Waals surface area contributed by atoms with Crippen LogP contribution in [0.3, 0.4) is 0 Å². The van der Waals surface area contributed by atoms with E-state index in [1.165, 1.54) is 0 Å². The number of aromatic nitrogens is 3. The number of carboxylic acid groups (broad SMARTS) is 1. The molecule has 3 rings (SSSR count). The molecule has 0 unspecified atom stereocenters. The van der Waals surface area contributed by atoms with Crippen LogP contribution in [-0.4, -0.2) is 50.0 Å². The summed E-state index contributed by atoms with van der Waals surface area (Å²) >= 11 is 0. The Morgan fingerprint density at radius 2 is 1.87 bits per heavy atom. The maximum absolute atomic E-state index is 12.5. The van der Waals surface area contributed by atoms with Gasteiger partial charge in [-0.15, -0.1) is 5.10 Å². The molecular formula is C16H18N4O3. The van der Waals surface area contributed by atoms with Crippen LogP contribution in [0.2, 0.25) is 0 Å². The highest BCUT2D eigenvalue weighted by molar-refractivity contribution is 5.94. The van der Waals surface area contributed by atoms with Gasteiger partial charge in [0.25, 0.3) is 5.91 Å². The lowest BCUT2D eigenvalue weighted by molar-refractivity contribution is -0.138. The van der Waals surface area contributed by atoms with Gasteiger partial charge in [0.2, 0.25) is 0 Å². The molecule has 23 heavy (non-hydrogen) atoms. The van der Waals surface area contributed by atoms with E-state index in [2.05, 4.69) is 10.3 Å². The molecule has 1 amide bonds. The zero-order chi connectivity index (χ0) is 16.2. The van der Waals surface area contributed by atoms with Gasteiger partial charge >= 0.3 is 5.97 Å². The highest BCUT2D eigenvalue weighted by Gasteiger charge is 2.24. The highest BCUT2D eigenvalue weighted by atomic mass is 16.4. The third-order valence-electron chi connectivity index (χ3n) is 4.17. The summed E-state index contributed by atoms with van der Waals surface area (Å²) in [5.74, 6) is -0.603. The molecule has 0 spiro atoms. The number of carboxylic acids is 1. The zero-order valence-electron chi connectivity index (χ0n) is 12.6. The van der Waals surface area contributed by atoms with Gasteiger partial charge in [-0.25, -0.2) is 4.68 Å². The Labute approximate surface area is 133 Å². The molecule has 120 valence electrons. The molecule has 0 bridgehead atoms. The van der Waals surface area contributed by atoms with E-state index >= 15 is 0 Å². The summed E-state index contributed by atoms with van der Waals surface area (Å²) < 4.78 is 1.63. The van der Waals surface area contributed by atoms with Crippen molar-refractivity contribution < 1.29 is 14.7 Å². The Morgan fingerprint density at radius 3 is 2.43 bits per heavy atom. The van der Waals surface area contributed by atoms with Crippen LogP contribution in [0.1, 0.15) is 29.6 Å². The third kappa shape index (κ3) is 3.56. The van der Waals surface area contributed by atoms with Gasteiger partial charge in [-0.05, 0) is 43.0 Å². The monoisotopic (exact) mass is 314 g/mol. The minimum absolute atomic E-state index is 0.0103. The van der Waals surface area contributed by atoms with Crippen molar-refractivity contribution in [3.05, 3.63) is 42.2 Å². The molecule has 7 nitrogen and oxygen atoms in total. The largest absolute Gasteiger partial charge is 0.481 e. The van der Waals surface area contributed by atoms with Crippen LogP contribution in [0.5, 0.6) is 0 Å². The number of rotatable bonds is 4. The van der Waals surface area contributed by atoms with E-state index in [0.717, 1.165) is 18.5 Å². The lowest BCUT2D eigenvalue weighted by Gasteiger charge is -2.31. The first kappa shape index (κ1) is 15.2. The van der Waals surface area contributed by atoms with E-state index in [1.54, 1.807) is 34.1 Å². The number of nitrogens with zero attached hydrogens (tertiary/aromatic N) is 4. The van der Waals surface area contributed by atoms with Crippen molar-refractivity contribution >= 4 is 11.9 Å². The maximum atomic E-state index is 12.5. The quantitative estimate of drug-likeness (QED) is 0.926. The Hall–Kier alpha value is -2.70. The van der Waals surface area contributed by atoms with E-state index in [4.69, 9.17) is 5.11 Å². The third-order valence-corrected chi connectivity index (χ3v) is 4.17. The smallest absolute Gasteiger partial charge is 0.303 e. The van der Waals surface area contributed by atoms with Gasteiger partial charge in [0.1, 0.15) is 0 Å². The van der Waals surface area contributed by atoms with Gasteiger partial charge in [-0.2, -0.15) is 0 Å². The van der Waals surface area contributed by atoms with Crippen LogP contribution < -0.4 is 0 Å². The summed E-state index contributed by atoms with van der Waals surface area (Å²) in [7, 11) is 0. The average Bonchev–Trinajstić information content (AvgIpc) is 3.09. The number of amides is 1. The van der Waals surface area contributed by atoms with Crippen LogP contribution >= 0.6 is 0 Å². The van der Waals surface area contributed by atoms with Gasteiger partial charge in [0.15, 0.2) is 0 Å². The molecule has 1 aromatic carbocycles. The van der Waals surface area contributed by atoms with E-state index in [9.17, 15) is 9.59 Å². The van der Waals surface area contributed by atoms with Gasteiger partial charge < -0.3 is 10.0 Å². The molecule has 1 saturated heterocycles. The fraction of sp³-hybridized carbons (Fsp3) is 0.375. The van der Waals surface area contributed by atoms with Crippen LogP contribution in [0, 0.1) is 5.92 Å². The Balaban J connectivity index is 1.61. The first-order chi connectivity index (χ1) is 11.1. The molecule has 1 aliphatic heterocycles. The van der Waals surface area contributed by atoms with Gasteiger partial charge in [-0.1, -0.05) is 5.21 Å². The summed E-state index contributed by atoms with van der Waals surface area (Å²) in [5, 5.41) is 16.5. The van der Waals surface area contributed by atoms with Crippen molar-refractivity contribution in [2.75, 3.05) is 13.1 Å². The number of aliphatic carboxylic acids is 1. The van der Waals surface area contributed by atoms with Crippen LogP contribution in [0.4, 0.5) is 0 Å². The lowest BCUT2D eigenvalue weighted by atomic mass is 9.93. The summed E-state index contributed by atoms with van der Waals surface area (Å²) in [6.45, 7) is 1.23. The number of hydrogen-bond acceptors (Lipinski definition) is 4. The lowest BCUT2D eigenvalue weighted by Crippen LogP contribution is -2.38. The molecular weight excluding hydrogens is 296 g/mol. The first-order valence-electron chi connectivity index (χ1n) is 7.61. The van der Waals surface area contributed by atoms with E-state index < -0.39 is 5.97 Å². The van der Waals surface area contributed by atoms with Crippen molar-refractivity contribution in [2.24, 2.45) is 5.92 Å². The van der Waals surface area contributed by atoms with E-state index in [0.29, 0.717) is 18.7 Å². The van der Waals surface area contributed by atoms with Gasteiger partial charge in [0.05, 0.1) is 18.1 Å². The Bertz CT molecular complexity index is 674. The number of carbonyl (C=O) groups excluding carboxylic acids is 1. The van der Waals surface area contributed by atoms with Crippen molar-refractivity contribution in [2.45, 2.75) is 19.3 Å². The summed E-state index contributed by atoms with van der Waals surface area (Å²) in [4.78, 5) is 25.0. The molecule has 1 N–H and O–H groups in total. The standard InChI is InChI=1S/C16H18N4O3/c21-15(22)11-12-5-8-19(9-6-12)16(23)13-1-3-14(4-2-13)20-10-7-17-18-20/h1-4,7,10,12H,5-6,8-9,11H2,(H,21,22). The fourth-order valence-electron chi connectivity index (χ4n) is 2.87. The second-order valence-corrected chi connectivity index (χ2v) is 5.73. The van der Waals surface area contributed by atoms with Crippen molar-refractivity contribution in [1.82, 2.24) is 19.9 Å². The highest BCUT2D eigenvalue weighted by Crippen LogP contribution is 2.22. The van der Waals surface area contributed by atoms with Crippen LogP contribution in [-0.2, 0) is 4.79 Å². The minimum Gasteiger partial charge on any atom is -0.481 e. The van der Waals surface area contributed by atoms with E-state index in [-0.39, 0.29) is 18.2 Å². The molecule has 0 saturated carbocycles. The van der Waals surface area contributed by atoms with Crippen molar-refractivity contribution in [3.63, 3.8) is 0 Å². The topological polar surface area (TPSA) is 88.3 Å². The molecule has 1 aromatic heterocycles. The van der Waals surface area contributed by atoms with E-state index in [1.807, 2.05) is 12.1 Å². The molecule has 0 radical (unpaired) electrons. The van der Waals surface area contributed by atoms with Crippen molar-refractivity contribution in [1.29, 1.82) is 0 Å². The number of piperidine rings is 1. The Morgan fingerprint density at radius 1 is 1.17 bits per heavy atom. The predicted molar refractivity (Wildman–Crippen MR) is 82.2 cm³/mol. The number of likely N-dealkylation sites (tertiary alicyclic amines) is 1. The average molecular weight is 314 g/mol. The predicted octanol–water partition coefficient (Wildman–Crippen LogP) is 1.59. The molecule has 0 aliphatic carbocycles. The maximum Gasteiger partial charge on any atom is 0.303 e. The second-order valence-electron chi connectivity index (χ2n) is 5.73. The molecule has 0 atom stereocenters. The summed E-state index contributed by atoms with van der Waals surface area (Å²) in [5.41, 5.74) is 1.48. The number of carbonyl (C=O) groups is 2. The zero-order valence-corrected chi connectivity index (χ0v) is 12.6. The Kier molecular flexibility index (Phi) is 4.36. The molecule has 1 fully saturated rings. The fourth-order valence-corrected chi connectivity index (χ4v) is 2.87. The molecule has 1 aliphatic rings. The van der Waals surface area contributed by atoms with Gasteiger partial charge in [-0.3, -0.25) is 9.59 Å². The number of benzene rings is 1. The SMILES string of the molecule is O=C(O)CC1CCN(C(=O)c2ccc(-n3ccnn3)cc2)CC1.